The van der Waals surface area contributed by atoms with E-state index in [4.69, 9.17) is 0 Å². The molecule has 0 saturated carbocycles. The zero-order chi connectivity index (χ0) is 18.7. The van der Waals surface area contributed by atoms with E-state index in [1.165, 1.54) is 24.4 Å². The summed E-state index contributed by atoms with van der Waals surface area (Å²) in [4.78, 5) is 15.5. The molecule has 0 spiro atoms. The smallest absolute Gasteiger partial charge is 0.459 e. The van der Waals surface area contributed by atoms with Gasteiger partial charge in [-0.25, -0.2) is 0 Å². The fourth-order valence-corrected chi connectivity index (χ4v) is 2.01. The third-order valence-electron chi connectivity index (χ3n) is 3.29. The van der Waals surface area contributed by atoms with Crippen LogP contribution in [0, 0.1) is 0 Å². The van der Waals surface area contributed by atoms with Crippen LogP contribution in [0.15, 0.2) is 47.2 Å². The van der Waals surface area contributed by atoms with Gasteiger partial charge in [-0.3, -0.25) is 15.1 Å². The number of quaternary nitrogens is 1. The molecule has 0 aliphatic carbocycles. The van der Waals surface area contributed by atoms with Gasteiger partial charge in [0.25, 0.3) is 5.91 Å². The molecular formula is C14H12F6N3O2+. The monoisotopic (exact) mass is 368 g/mol. The van der Waals surface area contributed by atoms with E-state index in [0.29, 0.717) is 0 Å². The lowest BCUT2D eigenvalue weighted by atomic mass is 10.1. The molecule has 0 saturated heterocycles. The van der Waals surface area contributed by atoms with Crippen molar-refractivity contribution in [1.82, 2.24) is 10.3 Å². The minimum absolute atomic E-state index is 0.0207. The van der Waals surface area contributed by atoms with E-state index in [9.17, 15) is 31.1 Å². The Bertz CT molecular complexity index is 684. The number of pyridine rings is 1. The summed E-state index contributed by atoms with van der Waals surface area (Å²) in [5.74, 6) is -2.32. The minimum atomic E-state index is -5.83. The molecule has 0 aliphatic heterocycles. The number of hydrogen-bond acceptors (Lipinski definition) is 3. The molecule has 2 rings (SSSR count). The number of carbonyl (C=O) groups excluding carboxylic acids is 1. The number of furan rings is 1. The number of nitrogens with one attached hydrogen (secondary N) is 1. The van der Waals surface area contributed by atoms with E-state index in [0.717, 1.165) is 23.7 Å². The summed E-state index contributed by atoms with van der Waals surface area (Å²) in [7, 11) is 0. The van der Waals surface area contributed by atoms with Gasteiger partial charge in [0.1, 0.15) is 6.54 Å². The lowest BCUT2D eigenvalue weighted by molar-refractivity contribution is -0.796. The largest absolute Gasteiger partial charge is 0.475 e. The van der Waals surface area contributed by atoms with Gasteiger partial charge in [-0.1, -0.05) is 6.07 Å². The summed E-state index contributed by atoms with van der Waals surface area (Å²) in [6.07, 6.45) is -9.48. The Kier molecular flexibility index (Phi) is 5.07. The van der Waals surface area contributed by atoms with Gasteiger partial charge >= 0.3 is 18.0 Å². The van der Waals surface area contributed by atoms with Crippen molar-refractivity contribution in [3.8, 4) is 0 Å². The normalized spacial score (nSPS) is 12.9. The number of amides is 1. The molecule has 0 bridgehead atoms. The van der Waals surface area contributed by atoms with Crippen LogP contribution in [-0.4, -0.2) is 28.9 Å². The first-order valence-electron chi connectivity index (χ1n) is 6.80. The van der Waals surface area contributed by atoms with Crippen LogP contribution in [0.1, 0.15) is 16.2 Å². The maximum Gasteiger partial charge on any atom is 0.475 e. The molecule has 1 amide bonds. The highest BCUT2D eigenvalue weighted by Gasteiger charge is 2.76. The molecule has 2 aromatic rings. The van der Waals surface area contributed by atoms with Crippen molar-refractivity contribution in [3.63, 3.8) is 0 Å². The first-order chi connectivity index (χ1) is 11.6. The number of aromatic nitrogens is 1. The van der Waals surface area contributed by atoms with Crippen molar-refractivity contribution in [3.05, 3.63) is 54.2 Å². The van der Waals surface area contributed by atoms with Gasteiger partial charge in [-0.2, -0.15) is 26.3 Å². The third-order valence-corrected chi connectivity index (χ3v) is 3.29. The Morgan fingerprint density at radius 1 is 1.08 bits per heavy atom. The number of nitrogens with zero attached hydrogens (tertiary/aromatic N) is 1. The van der Waals surface area contributed by atoms with Gasteiger partial charge in [0.05, 0.1) is 12.0 Å². The molecule has 0 fully saturated rings. The van der Waals surface area contributed by atoms with Gasteiger partial charge in [0.2, 0.25) is 0 Å². The van der Waals surface area contributed by atoms with Crippen LogP contribution >= 0.6 is 0 Å². The van der Waals surface area contributed by atoms with Crippen LogP contribution in [0.25, 0.3) is 0 Å². The Morgan fingerprint density at radius 3 is 2.24 bits per heavy atom. The maximum absolute atomic E-state index is 13.4. The SMILES string of the molecule is O=C(NC([NH2+]Cc1ccccn1)(C(F)(F)F)C(F)(F)F)c1ccco1. The molecule has 136 valence electrons. The molecule has 2 heterocycles. The molecule has 0 atom stereocenters. The van der Waals surface area contributed by atoms with E-state index < -0.39 is 36.2 Å². The molecule has 3 N–H and O–H groups in total. The Hall–Kier alpha value is -2.56. The van der Waals surface area contributed by atoms with Crippen LogP contribution in [0.5, 0.6) is 0 Å². The predicted molar refractivity (Wildman–Crippen MR) is 70.9 cm³/mol. The van der Waals surface area contributed by atoms with Crippen LogP contribution in [0.2, 0.25) is 0 Å². The number of halogens is 6. The summed E-state index contributed by atoms with van der Waals surface area (Å²) < 4.78 is 84.7. The van der Waals surface area contributed by atoms with E-state index in [1.54, 1.807) is 0 Å². The zero-order valence-corrected chi connectivity index (χ0v) is 12.4. The summed E-state index contributed by atoms with van der Waals surface area (Å²) in [5, 5.41) is 0.958. The van der Waals surface area contributed by atoms with Gasteiger partial charge in [-0.15, -0.1) is 0 Å². The van der Waals surface area contributed by atoms with Gasteiger partial charge in [0, 0.05) is 6.20 Å². The number of alkyl halides is 6. The number of rotatable bonds is 5. The van der Waals surface area contributed by atoms with Crippen LogP contribution < -0.4 is 10.6 Å². The fraction of sp³-hybridized carbons (Fsp3) is 0.286. The lowest BCUT2D eigenvalue weighted by Crippen LogP contribution is -3.07. The van der Waals surface area contributed by atoms with Crippen molar-refractivity contribution >= 4 is 5.91 Å². The van der Waals surface area contributed by atoms with Crippen molar-refractivity contribution < 1.29 is 40.9 Å². The molecule has 0 aromatic carbocycles. The van der Waals surface area contributed by atoms with Crippen LogP contribution in [-0.2, 0) is 6.54 Å². The van der Waals surface area contributed by atoms with Crippen molar-refractivity contribution in [1.29, 1.82) is 0 Å². The highest BCUT2D eigenvalue weighted by molar-refractivity contribution is 5.91. The standard InChI is InChI=1S/C14H11F6N3O2/c15-13(16,17)12(14(18,19)20,22-8-9-4-1-2-6-21-9)23-11(24)10-5-3-7-25-10/h1-7,22H,8H2,(H,23,24)/p+1. The van der Waals surface area contributed by atoms with Crippen molar-refractivity contribution in [2.24, 2.45) is 0 Å². The summed E-state index contributed by atoms with van der Waals surface area (Å²) in [5.41, 5.74) is -4.57. The lowest BCUT2D eigenvalue weighted by Gasteiger charge is -2.34. The first kappa shape index (κ1) is 18.8. The molecule has 0 unspecified atom stereocenters. The number of nitrogens with two attached hydrogens (primary N) is 1. The Balaban J connectivity index is 2.36. The average molecular weight is 368 g/mol. The van der Waals surface area contributed by atoms with E-state index in [-0.39, 0.29) is 11.0 Å². The second-order valence-electron chi connectivity index (χ2n) is 4.96. The average Bonchev–Trinajstić information content (AvgIpc) is 3.04. The minimum Gasteiger partial charge on any atom is -0.459 e. The van der Waals surface area contributed by atoms with Crippen LogP contribution in [0.4, 0.5) is 26.3 Å². The van der Waals surface area contributed by atoms with Gasteiger partial charge < -0.3 is 9.73 Å². The quantitative estimate of drug-likeness (QED) is 0.626. The molecule has 2 aromatic heterocycles. The zero-order valence-electron chi connectivity index (χ0n) is 12.4. The molecule has 0 aliphatic rings. The van der Waals surface area contributed by atoms with Gasteiger partial charge in [0.15, 0.2) is 5.76 Å². The predicted octanol–water partition coefficient (Wildman–Crippen LogP) is 1.99. The first-order valence-corrected chi connectivity index (χ1v) is 6.80. The number of hydrogen-bond donors (Lipinski definition) is 2. The molecular weight excluding hydrogens is 356 g/mol. The van der Waals surface area contributed by atoms with Crippen molar-refractivity contribution in [2.45, 2.75) is 24.6 Å². The van der Waals surface area contributed by atoms with Crippen molar-refractivity contribution in [2.75, 3.05) is 0 Å². The van der Waals surface area contributed by atoms with E-state index in [2.05, 4.69) is 9.40 Å². The maximum atomic E-state index is 13.4. The molecule has 11 heteroatoms. The summed E-state index contributed by atoms with van der Waals surface area (Å²) >= 11 is 0. The topological polar surface area (TPSA) is 71.7 Å². The highest BCUT2D eigenvalue weighted by Crippen LogP contribution is 2.38. The fourth-order valence-electron chi connectivity index (χ4n) is 2.01. The van der Waals surface area contributed by atoms with Crippen LogP contribution in [0.3, 0.4) is 0 Å². The number of carbonyl (C=O) groups is 1. The summed E-state index contributed by atoms with van der Waals surface area (Å²) in [6.45, 7) is -0.766. The highest BCUT2D eigenvalue weighted by atomic mass is 19.4. The third kappa shape index (κ3) is 3.92. The Labute approximate surface area is 137 Å². The molecule has 5 nitrogen and oxygen atoms in total. The van der Waals surface area contributed by atoms with Gasteiger partial charge in [-0.05, 0) is 24.3 Å². The second kappa shape index (κ2) is 6.75. The Morgan fingerprint density at radius 2 is 1.76 bits per heavy atom. The molecule has 0 radical (unpaired) electrons. The molecule has 25 heavy (non-hydrogen) atoms. The van der Waals surface area contributed by atoms with E-state index in [1.807, 2.05) is 0 Å². The van der Waals surface area contributed by atoms with E-state index >= 15 is 0 Å². The summed E-state index contributed by atoms with van der Waals surface area (Å²) in [6, 6.07) is 6.26. The second-order valence-corrected chi connectivity index (χ2v) is 4.96.